The van der Waals surface area contributed by atoms with Crippen LogP contribution >= 0.6 is 0 Å². The number of sulfonamides is 1. The van der Waals surface area contributed by atoms with Gasteiger partial charge in [0, 0.05) is 6.54 Å². The van der Waals surface area contributed by atoms with Gasteiger partial charge in [-0.15, -0.1) is 0 Å². The highest BCUT2D eigenvalue weighted by atomic mass is 32.2. The molecule has 0 atom stereocenters. The summed E-state index contributed by atoms with van der Waals surface area (Å²) in [7, 11) is -3.30. The fourth-order valence-electron chi connectivity index (χ4n) is 2.57. The molecular weight excluding hydrogens is 274 g/mol. The third-order valence-corrected chi connectivity index (χ3v) is 5.23. The second-order valence-electron chi connectivity index (χ2n) is 5.81. The van der Waals surface area contributed by atoms with Crippen molar-refractivity contribution >= 4 is 10.0 Å². The van der Waals surface area contributed by atoms with Crippen LogP contribution in [0, 0.1) is 5.41 Å². The Kier molecular flexibility index (Phi) is 4.83. The van der Waals surface area contributed by atoms with Crippen LogP contribution in [0.4, 0.5) is 0 Å². The van der Waals surface area contributed by atoms with Crippen LogP contribution in [0.5, 0.6) is 0 Å². The summed E-state index contributed by atoms with van der Waals surface area (Å²) in [5.41, 5.74) is 1.67. The van der Waals surface area contributed by atoms with Gasteiger partial charge in [-0.25, -0.2) is 13.1 Å². The molecule has 2 N–H and O–H groups in total. The van der Waals surface area contributed by atoms with Gasteiger partial charge in [0.05, 0.1) is 12.4 Å². The molecule has 1 fully saturated rings. The summed E-state index contributed by atoms with van der Waals surface area (Å²) in [6.45, 7) is 2.62. The van der Waals surface area contributed by atoms with E-state index in [1.54, 1.807) is 24.3 Å². The van der Waals surface area contributed by atoms with Crippen molar-refractivity contribution < 1.29 is 13.5 Å². The molecule has 0 bridgehead atoms. The number of hydrogen-bond acceptors (Lipinski definition) is 3. The lowest BCUT2D eigenvalue weighted by Crippen LogP contribution is -2.31. The summed E-state index contributed by atoms with van der Waals surface area (Å²) < 4.78 is 27.0. The molecular formula is C15H23NO3S. The predicted molar refractivity (Wildman–Crippen MR) is 79.6 cm³/mol. The van der Waals surface area contributed by atoms with Crippen molar-refractivity contribution in [1.82, 2.24) is 4.72 Å². The quantitative estimate of drug-likeness (QED) is 0.773. The SMILES string of the molecule is CCCC1(CNS(=O)(=O)Cc2cccc(CO)c2)CC1. The molecule has 4 nitrogen and oxygen atoms in total. The standard InChI is InChI=1S/C15H23NO3S/c1-2-6-15(7-8-15)12-16-20(18,19)11-14-5-3-4-13(9-14)10-17/h3-5,9,16-17H,2,6-8,10-12H2,1H3. The van der Waals surface area contributed by atoms with Gasteiger partial charge >= 0.3 is 0 Å². The summed E-state index contributed by atoms with van der Waals surface area (Å²) in [6, 6.07) is 7.06. The molecule has 1 saturated carbocycles. The zero-order valence-corrected chi connectivity index (χ0v) is 12.7. The summed E-state index contributed by atoms with van der Waals surface area (Å²) >= 11 is 0. The predicted octanol–water partition coefficient (Wildman–Crippen LogP) is 2.18. The van der Waals surface area contributed by atoms with E-state index in [-0.39, 0.29) is 17.8 Å². The lowest BCUT2D eigenvalue weighted by Gasteiger charge is -2.15. The molecule has 0 spiro atoms. The Morgan fingerprint density at radius 2 is 2.00 bits per heavy atom. The minimum Gasteiger partial charge on any atom is -0.392 e. The third kappa shape index (κ3) is 4.30. The van der Waals surface area contributed by atoms with Gasteiger partial charge in [-0.2, -0.15) is 0 Å². The fourth-order valence-corrected chi connectivity index (χ4v) is 3.82. The van der Waals surface area contributed by atoms with E-state index in [4.69, 9.17) is 5.11 Å². The van der Waals surface area contributed by atoms with Crippen molar-refractivity contribution in [2.45, 2.75) is 45.0 Å². The maximum Gasteiger partial charge on any atom is 0.215 e. The first-order chi connectivity index (χ1) is 9.49. The lowest BCUT2D eigenvalue weighted by molar-refractivity contribution is 0.282. The van der Waals surface area contributed by atoms with Crippen molar-refractivity contribution in [2.75, 3.05) is 6.54 Å². The largest absolute Gasteiger partial charge is 0.392 e. The number of hydrogen-bond donors (Lipinski definition) is 2. The highest BCUT2D eigenvalue weighted by molar-refractivity contribution is 7.88. The molecule has 1 aliphatic carbocycles. The summed E-state index contributed by atoms with van der Waals surface area (Å²) in [4.78, 5) is 0. The zero-order valence-electron chi connectivity index (χ0n) is 11.9. The van der Waals surface area contributed by atoms with Crippen LogP contribution < -0.4 is 4.72 Å². The number of rotatable bonds is 8. The molecule has 1 aromatic rings. The number of aliphatic hydroxyl groups is 1. The first-order valence-corrected chi connectivity index (χ1v) is 8.80. The summed E-state index contributed by atoms with van der Waals surface area (Å²) in [5.74, 6) is -0.0248. The average Bonchev–Trinajstić information content (AvgIpc) is 3.17. The zero-order chi connectivity index (χ0) is 14.6. The van der Waals surface area contributed by atoms with Gasteiger partial charge in [0.1, 0.15) is 0 Å². The Morgan fingerprint density at radius 1 is 1.30 bits per heavy atom. The van der Waals surface area contributed by atoms with E-state index in [9.17, 15) is 8.42 Å². The van der Waals surface area contributed by atoms with Crippen LogP contribution in [-0.2, 0) is 22.4 Å². The van der Waals surface area contributed by atoms with E-state index < -0.39 is 10.0 Å². The van der Waals surface area contributed by atoms with E-state index in [0.29, 0.717) is 12.1 Å². The molecule has 0 aliphatic heterocycles. The minimum absolute atomic E-state index is 0.0248. The summed E-state index contributed by atoms with van der Waals surface area (Å²) in [6.07, 6.45) is 4.45. The van der Waals surface area contributed by atoms with Crippen molar-refractivity contribution in [1.29, 1.82) is 0 Å². The van der Waals surface area contributed by atoms with Gasteiger partial charge in [-0.1, -0.05) is 37.6 Å². The second-order valence-corrected chi connectivity index (χ2v) is 7.62. The van der Waals surface area contributed by atoms with E-state index in [0.717, 1.165) is 31.2 Å². The van der Waals surface area contributed by atoms with Crippen LogP contribution in [-0.4, -0.2) is 20.1 Å². The van der Waals surface area contributed by atoms with Gasteiger partial charge in [0.2, 0.25) is 10.0 Å². The monoisotopic (exact) mass is 297 g/mol. The molecule has 0 aromatic heterocycles. The number of nitrogens with one attached hydrogen (secondary N) is 1. The Balaban J connectivity index is 1.93. The maximum absolute atomic E-state index is 12.1. The van der Waals surface area contributed by atoms with E-state index >= 15 is 0 Å². The van der Waals surface area contributed by atoms with Crippen LogP contribution in [0.25, 0.3) is 0 Å². The average molecular weight is 297 g/mol. The minimum atomic E-state index is -3.30. The lowest BCUT2D eigenvalue weighted by atomic mass is 10.0. The van der Waals surface area contributed by atoms with Crippen LogP contribution in [0.15, 0.2) is 24.3 Å². The summed E-state index contributed by atoms with van der Waals surface area (Å²) in [5, 5.41) is 9.07. The van der Waals surface area contributed by atoms with Crippen LogP contribution in [0.3, 0.4) is 0 Å². The van der Waals surface area contributed by atoms with Gasteiger partial charge in [-0.05, 0) is 35.8 Å². The number of aliphatic hydroxyl groups excluding tert-OH is 1. The molecule has 0 saturated heterocycles. The molecule has 0 unspecified atom stereocenters. The topological polar surface area (TPSA) is 66.4 Å². The molecule has 20 heavy (non-hydrogen) atoms. The van der Waals surface area contributed by atoms with Gasteiger partial charge < -0.3 is 5.11 Å². The van der Waals surface area contributed by atoms with Crippen molar-refractivity contribution in [2.24, 2.45) is 5.41 Å². The molecule has 5 heteroatoms. The molecule has 0 radical (unpaired) electrons. The molecule has 112 valence electrons. The van der Waals surface area contributed by atoms with Crippen molar-refractivity contribution in [3.8, 4) is 0 Å². The highest BCUT2D eigenvalue weighted by Gasteiger charge is 2.41. The highest BCUT2D eigenvalue weighted by Crippen LogP contribution is 2.49. The maximum atomic E-state index is 12.1. The van der Waals surface area contributed by atoms with E-state index in [2.05, 4.69) is 11.6 Å². The van der Waals surface area contributed by atoms with Gasteiger partial charge in [0.15, 0.2) is 0 Å². The van der Waals surface area contributed by atoms with Gasteiger partial charge in [0.25, 0.3) is 0 Å². The Hall–Kier alpha value is -0.910. The second kappa shape index (κ2) is 6.24. The Morgan fingerprint density at radius 3 is 2.60 bits per heavy atom. The Labute approximate surface area is 121 Å². The van der Waals surface area contributed by atoms with Crippen molar-refractivity contribution in [3.63, 3.8) is 0 Å². The first-order valence-electron chi connectivity index (χ1n) is 7.15. The van der Waals surface area contributed by atoms with Crippen molar-refractivity contribution in [3.05, 3.63) is 35.4 Å². The molecule has 1 aromatic carbocycles. The third-order valence-electron chi connectivity index (χ3n) is 3.94. The molecule has 2 rings (SSSR count). The van der Waals surface area contributed by atoms with Gasteiger partial charge in [-0.3, -0.25) is 0 Å². The smallest absolute Gasteiger partial charge is 0.215 e. The van der Waals surface area contributed by atoms with E-state index in [1.165, 1.54) is 0 Å². The van der Waals surface area contributed by atoms with Crippen LogP contribution in [0.1, 0.15) is 43.7 Å². The normalized spacial score (nSPS) is 17.1. The molecule has 0 heterocycles. The molecule has 0 amide bonds. The Bertz CT molecular complexity index is 550. The number of benzene rings is 1. The fraction of sp³-hybridized carbons (Fsp3) is 0.600. The first kappa shape index (κ1) is 15.5. The molecule has 1 aliphatic rings. The van der Waals surface area contributed by atoms with E-state index in [1.807, 2.05) is 0 Å². The van der Waals surface area contributed by atoms with Crippen LogP contribution in [0.2, 0.25) is 0 Å².